The van der Waals surface area contributed by atoms with E-state index < -0.39 is 0 Å². The van der Waals surface area contributed by atoms with Gasteiger partial charge in [-0.2, -0.15) is 0 Å². The van der Waals surface area contributed by atoms with Gasteiger partial charge in [-0.3, -0.25) is 4.79 Å². The number of amides is 1. The molecule has 2 saturated heterocycles. The molecule has 0 atom stereocenters. The maximum absolute atomic E-state index is 11.8. The minimum absolute atomic E-state index is 0.278. The van der Waals surface area contributed by atoms with Gasteiger partial charge in [-0.05, 0) is 69.3 Å². The lowest BCUT2D eigenvalue weighted by Crippen LogP contribution is -2.39. The minimum Gasteiger partial charge on any atom is -0.357 e. The summed E-state index contributed by atoms with van der Waals surface area (Å²) in [6.45, 7) is 12.2. The van der Waals surface area contributed by atoms with E-state index in [0.29, 0.717) is 13.0 Å². The fourth-order valence-electron chi connectivity index (χ4n) is 4.15. The Hall–Kier alpha value is -2.08. The quantitative estimate of drug-likeness (QED) is 0.371. The number of benzene rings is 1. The van der Waals surface area contributed by atoms with Crippen molar-refractivity contribution in [1.29, 1.82) is 0 Å². The second-order valence-electron chi connectivity index (χ2n) is 8.74. The highest BCUT2D eigenvalue weighted by Gasteiger charge is 2.19. The molecule has 2 N–H and O–H groups in total. The summed E-state index contributed by atoms with van der Waals surface area (Å²) in [7, 11) is 0. The van der Waals surface area contributed by atoms with E-state index in [0.717, 1.165) is 50.9 Å². The normalized spacial score (nSPS) is 18.8. The van der Waals surface area contributed by atoms with Crippen molar-refractivity contribution in [2.75, 3.05) is 39.3 Å². The van der Waals surface area contributed by atoms with Crippen molar-refractivity contribution in [2.24, 2.45) is 10.9 Å². The Kier molecular flexibility index (Phi) is 9.00. The van der Waals surface area contributed by atoms with Crippen LogP contribution in [-0.4, -0.2) is 60.9 Å². The van der Waals surface area contributed by atoms with Crippen molar-refractivity contribution in [3.63, 3.8) is 0 Å². The van der Waals surface area contributed by atoms with Gasteiger partial charge >= 0.3 is 0 Å². The summed E-state index contributed by atoms with van der Waals surface area (Å²) < 4.78 is 0. The van der Waals surface area contributed by atoms with Crippen LogP contribution in [-0.2, 0) is 17.9 Å². The predicted molar refractivity (Wildman–Crippen MR) is 123 cm³/mol. The molecular formula is C24H39N5O. The second kappa shape index (κ2) is 11.9. The minimum atomic E-state index is 0.278. The third-order valence-corrected chi connectivity index (χ3v) is 6.15. The Labute approximate surface area is 182 Å². The number of rotatable bonds is 9. The van der Waals surface area contributed by atoms with Gasteiger partial charge < -0.3 is 20.4 Å². The van der Waals surface area contributed by atoms with Crippen molar-refractivity contribution in [1.82, 2.24) is 20.4 Å². The molecule has 1 amide bonds. The Balaban J connectivity index is 1.40. The average molecular weight is 414 g/mol. The summed E-state index contributed by atoms with van der Waals surface area (Å²) in [5.41, 5.74) is 2.38. The summed E-state index contributed by atoms with van der Waals surface area (Å²) in [4.78, 5) is 21.1. The average Bonchev–Trinajstić information content (AvgIpc) is 3.16. The zero-order chi connectivity index (χ0) is 21.2. The predicted octanol–water partition coefficient (Wildman–Crippen LogP) is 2.99. The molecule has 6 heteroatoms. The van der Waals surface area contributed by atoms with E-state index in [1.165, 1.54) is 43.6 Å². The maximum atomic E-state index is 11.8. The van der Waals surface area contributed by atoms with Crippen molar-refractivity contribution in [3.05, 3.63) is 35.4 Å². The van der Waals surface area contributed by atoms with Gasteiger partial charge in [-0.1, -0.05) is 31.2 Å². The van der Waals surface area contributed by atoms with Gasteiger partial charge in [0.05, 0.1) is 6.54 Å². The molecule has 0 aliphatic carbocycles. The van der Waals surface area contributed by atoms with Gasteiger partial charge in [-0.25, -0.2) is 4.99 Å². The molecule has 0 spiro atoms. The highest BCUT2D eigenvalue weighted by Crippen LogP contribution is 2.16. The number of piperidine rings is 1. The molecule has 0 aromatic heterocycles. The Morgan fingerprint density at radius 3 is 2.50 bits per heavy atom. The van der Waals surface area contributed by atoms with E-state index in [9.17, 15) is 4.79 Å². The van der Waals surface area contributed by atoms with Crippen LogP contribution in [0, 0.1) is 5.92 Å². The molecule has 1 aromatic rings. The van der Waals surface area contributed by atoms with E-state index in [-0.39, 0.29) is 5.91 Å². The van der Waals surface area contributed by atoms with Gasteiger partial charge in [0.25, 0.3) is 0 Å². The molecule has 2 aliphatic heterocycles. The molecule has 0 bridgehead atoms. The lowest BCUT2D eigenvalue weighted by Gasteiger charge is -2.30. The Morgan fingerprint density at radius 1 is 1.10 bits per heavy atom. The molecule has 30 heavy (non-hydrogen) atoms. The molecular weight excluding hydrogens is 374 g/mol. The van der Waals surface area contributed by atoms with Gasteiger partial charge in [0, 0.05) is 32.6 Å². The summed E-state index contributed by atoms with van der Waals surface area (Å²) >= 11 is 0. The monoisotopic (exact) mass is 413 g/mol. The first-order valence-electron chi connectivity index (χ1n) is 11.7. The molecule has 0 unspecified atom stereocenters. The first-order valence-corrected chi connectivity index (χ1v) is 11.7. The molecule has 2 aliphatic rings. The van der Waals surface area contributed by atoms with Crippen LogP contribution >= 0.6 is 0 Å². The zero-order valence-corrected chi connectivity index (χ0v) is 18.8. The second-order valence-corrected chi connectivity index (χ2v) is 8.74. The highest BCUT2D eigenvalue weighted by atomic mass is 16.2. The summed E-state index contributed by atoms with van der Waals surface area (Å²) in [5.74, 6) is 2.06. The first-order chi connectivity index (χ1) is 14.6. The van der Waals surface area contributed by atoms with Crippen LogP contribution in [0.3, 0.4) is 0 Å². The number of nitrogens with one attached hydrogen (secondary N) is 2. The number of nitrogens with zero attached hydrogens (tertiary/aromatic N) is 3. The number of carbonyl (C=O) groups is 1. The summed E-state index contributed by atoms with van der Waals surface area (Å²) in [6.07, 6.45) is 5.51. The van der Waals surface area contributed by atoms with E-state index in [1.54, 1.807) is 0 Å². The van der Waals surface area contributed by atoms with Crippen molar-refractivity contribution < 1.29 is 4.79 Å². The van der Waals surface area contributed by atoms with Crippen LogP contribution in [0.4, 0.5) is 0 Å². The van der Waals surface area contributed by atoms with Crippen LogP contribution in [0.5, 0.6) is 0 Å². The number of hydrogen-bond donors (Lipinski definition) is 2. The Bertz CT molecular complexity index is 679. The van der Waals surface area contributed by atoms with Gasteiger partial charge in [0.1, 0.15) is 0 Å². The van der Waals surface area contributed by atoms with E-state index in [2.05, 4.69) is 53.6 Å². The van der Waals surface area contributed by atoms with E-state index in [1.807, 2.05) is 4.90 Å². The van der Waals surface area contributed by atoms with E-state index >= 15 is 0 Å². The number of hydrogen-bond acceptors (Lipinski definition) is 3. The number of aliphatic imine (C=N–C) groups is 1. The van der Waals surface area contributed by atoms with Crippen molar-refractivity contribution in [2.45, 2.75) is 59.0 Å². The van der Waals surface area contributed by atoms with Gasteiger partial charge in [0.2, 0.25) is 5.91 Å². The summed E-state index contributed by atoms with van der Waals surface area (Å²) in [6, 6.07) is 8.49. The van der Waals surface area contributed by atoms with Crippen LogP contribution in [0.1, 0.15) is 57.1 Å². The lowest BCUT2D eigenvalue weighted by molar-refractivity contribution is -0.128. The molecule has 2 heterocycles. The molecule has 6 nitrogen and oxygen atoms in total. The lowest BCUT2D eigenvalue weighted by atomic mass is 9.99. The molecule has 3 rings (SSSR count). The van der Waals surface area contributed by atoms with Crippen LogP contribution in [0.15, 0.2) is 29.3 Å². The largest absolute Gasteiger partial charge is 0.357 e. The van der Waals surface area contributed by atoms with Crippen LogP contribution < -0.4 is 10.6 Å². The Morgan fingerprint density at radius 2 is 1.83 bits per heavy atom. The van der Waals surface area contributed by atoms with E-state index in [4.69, 9.17) is 4.99 Å². The zero-order valence-electron chi connectivity index (χ0n) is 18.8. The van der Waals surface area contributed by atoms with Crippen LogP contribution in [0.25, 0.3) is 0 Å². The molecule has 2 fully saturated rings. The number of carbonyl (C=O) groups excluding carboxylic acids is 1. The smallest absolute Gasteiger partial charge is 0.222 e. The third kappa shape index (κ3) is 7.31. The highest BCUT2D eigenvalue weighted by molar-refractivity contribution is 5.79. The van der Waals surface area contributed by atoms with Crippen molar-refractivity contribution in [3.8, 4) is 0 Å². The third-order valence-electron chi connectivity index (χ3n) is 6.15. The molecule has 166 valence electrons. The summed E-state index contributed by atoms with van der Waals surface area (Å²) in [5, 5.41) is 6.81. The van der Waals surface area contributed by atoms with Gasteiger partial charge in [0.15, 0.2) is 5.96 Å². The van der Waals surface area contributed by atoms with Crippen molar-refractivity contribution >= 4 is 11.9 Å². The molecule has 1 aromatic carbocycles. The molecule has 0 saturated carbocycles. The number of guanidine groups is 1. The SMILES string of the molecule is CCNC(=NCc1ccc(CN2CCCC2=O)cc1)NCCCN1CCC(C)CC1. The number of likely N-dealkylation sites (tertiary alicyclic amines) is 2. The van der Waals surface area contributed by atoms with Gasteiger partial charge in [-0.15, -0.1) is 0 Å². The standard InChI is InChI=1S/C24H39N5O/c1-3-25-24(26-13-5-14-28-16-11-20(2)12-17-28)27-18-21-7-9-22(10-8-21)19-29-15-4-6-23(29)30/h7-10,20H,3-6,11-19H2,1-2H3,(H2,25,26,27). The molecule has 0 radical (unpaired) electrons. The van der Waals surface area contributed by atoms with Crippen LogP contribution in [0.2, 0.25) is 0 Å². The fourth-order valence-corrected chi connectivity index (χ4v) is 4.15. The first kappa shape index (κ1) is 22.6. The topological polar surface area (TPSA) is 60.0 Å². The fraction of sp³-hybridized carbons (Fsp3) is 0.667. The maximum Gasteiger partial charge on any atom is 0.222 e.